The highest BCUT2D eigenvalue weighted by Crippen LogP contribution is 2.59. The minimum Gasteiger partial charge on any atom is -0.298 e. The first-order valence-electron chi connectivity index (χ1n) is 25.4. The van der Waals surface area contributed by atoms with Gasteiger partial charge in [0.15, 0.2) is 0 Å². The first kappa shape index (κ1) is 37.0. The molecule has 0 aromatic heterocycles. The normalized spacial score (nSPS) is 52.8. The summed E-state index contributed by atoms with van der Waals surface area (Å²) in [6, 6.07) is 4.20. The van der Waals surface area contributed by atoms with E-state index in [1.54, 1.807) is 89.9 Å². The van der Waals surface area contributed by atoms with Crippen LogP contribution in [0.2, 0.25) is 0 Å². The molecule has 10 fully saturated rings. The molecular formula is C50H81N3S. The molecule has 0 bridgehead atoms. The van der Waals surface area contributed by atoms with E-state index in [-0.39, 0.29) is 0 Å². The fraction of sp³-hybridized carbons (Fsp3) is 0.960. The van der Waals surface area contributed by atoms with Gasteiger partial charge in [-0.2, -0.15) is 11.8 Å². The molecule has 0 aromatic rings. The zero-order valence-electron chi connectivity index (χ0n) is 34.5. The van der Waals surface area contributed by atoms with Gasteiger partial charge in [0.1, 0.15) is 0 Å². The summed E-state index contributed by atoms with van der Waals surface area (Å²) in [4.78, 5) is 3.31. The average Bonchev–Trinajstić information content (AvgIpc) is 3.79. The summed E-state index contributed by atoms with van der Waals surface area (Å²) in [6.07, 6.45) is 49.9. The number of nitrogens with one attached hydrogen (secondary N) is 2. The minimum absolute atomic E-state index is 0.561. The number of hydrogen-bond acceptors (Lipinski definition) is 4. The highest BCUT2D eigenvalue weighted by molar-refractivity contribution is 8.00. The Labute approximate surface area is 336 Å². The molecule has 3 heterocycles. The Morgan fingerprint density at radius 1 is 0.444 bits per heavy atom. The Morgan fingerprint density at radius 2 is 1.07 bits per heavy atom. The van der Waals surface area contributed by atoms with Crippen molar-refractivity contribution in [3.05, 3.63) is 12.2 Å². The van der Waals surface area contributed by atoms with Gasteiger partial charge in [-0.25, -0.2) is 0 Å². The fourth-order valence-electron chi connectivity index (χ4n) is 17.6. The monoisotopic (exact) mass is 756 g/mol. The summed E-state index contributed by atoms with van der Waals surface area (Å²) in [7, 11) is 0. The molecule has 302 valence electrons. The molecule has 0 aromatic carbocycles. The van der Waals surface area contributed by atoms with Crippen LogP contribution >= 0.6 is 11.8 Å². The summed E-state index contributed by atoms with van der Waals surface area (Å²) >= 11 is 2.47. The fourth-order valence-corrected chi connectivity index (χ4v) is 19.7. The number of nitrogens with zero attached hydrogens (tertiary/aromatic N) is 1. The number of allylic oxidation sites excluding steroid dienone is 1. The van der Waals surface area contributed by atoms with Gasteiger partial charge >= 0.3 is 0 Å². The van der Waals surface area contributed by atoms with Crippen LogP contribution in [0.15, 0.2) is 12.2 Å². The smallest absolute Gasteiger partial charge is 0.0605 e. The lowest BCUT2D eigenvalue weighted by molar-refractivity contribution is 0.0244. The largest absolute Gasteiger partial charge is 0.298 e. The Balaban J connectivity index is 0.701. The second-order valence-corrected chi connectivity index (χ2v) is 23.8. The van der Waals surface area contributed by atoms with Crippen LogP contribution < -0.4 is 10.6 Å². The first-order chi connectivity index (χ1) is 26.7. The van der Waals surface area contributed by atoms with E-state index in [2.05, 4.69) is 39.4 Å². The quantitative estimate of drug-likeness (QED) is 0.273. The molecule has 8 aliphatic carbocycles. The molecule has 11 rings (SSSR count). The number of likely N-dealkylation sites (tertiary alicyclic amines) is 1. The van der Waals surface area contributed by atoms with Crippen LogP contribution in [0, 0.1) is 65.1 Å². The van der Waals surface area contributed by atoms with E-state index in [1.165, 1.54) is 96.3 Å². The number of rotatable bonds is 5. The van der Waals surface area contributed by atoms with Gasteiger partial charge in [-0.1, -0.05) is 57.1 Å². The van der Waals surface area contributed by atoms with Crippen LogP contribution in [0.4, 0.5) is 0 Å². The first-order valence-corrected chi connectivity index (χ1v) is 26.3. The third-order valence-corrected chi connectivity index (χ3v) is 22.0. The average molecular weight is 756 g/mol. The van der Waals surface area contributed by atoms with Gasteiger partial charge in [0.2, 0.25) is 0 Å². The van der Waals surface area contributed by atoms with Crippen LogP contribution in [0.25, 0.3) is 0 Å². The molecule has 14 atom stereocenters. The van der Waals surface area contributed by atoms with E-state index < -0.39 is 0 Å². The molecule has 11 aliphatic rings. The van der Waals surface area contributed by atoms with E-state index >= 15 is 0 Å². The third-order valence-electron chi connectivity index (χ3n) is 20.1. The zero-order valence-corrected chi connectivity index (χ0v) is 35.3. The van der Waals surface area contributed by atoms with Crippen LogP contribution in [-0.2, 0) is 0 Å². The highest BCUT2D eigenvalue weighted by atomic mass is 32.2. The maximum atomic E-state index is 4.37. The molecular weight excluding hydrogens is 675 g/mol. The van der Waals surface area contributed by atoms with Gasteiger partial charge in [-0.3, -0.25) is 15.5 Å². The Kier molecular flexibility index (Phi) is 11.1. The van der Waals surface area contributed by atoms with Crippen LogP contribution in [-0.4, -0.2) is 51.8 Å². The van der Waals surface area contributed by atoms with E-state index in [1.807, 2.05) is 0 Å². The van der Waals surface area contributed by atoms with Crippen molar-refractivity contribution in [3.8, 4) is 0 Å². The molecule has 3 aliphatic heterocycles. The van der Waals surface area contributed by atoms with Crippen LogP contribution in [0.5, 0.6) is 0 Å². The molecule has 4 heteroatoms. The Hall–Kier alpha value is -0.0300. The lowest BCUT2D eigenvalue weighted by atomic mass is 9.61. The molecule has 3 nitrogen and oxygen atoms in total. The molecule has 0 radical (unpaired) electrons. The van der Waals surface area contributed by atoms with E-state index in [0.29, 0.717) is 12.2 Å². The zero-order chi connectivity index (χ0) is 35.6. The Bertz CT molecular complexity index is 1280. The van der Waals surface area contributed by atoms with Gasteiger partial charge in [0, 0.05) is 46.6 Å². The highest BCUT2D eigenvalue weighted by Gasteiger charge is 2.55. The van der Waals surface area contributed by atoms with Gasteiger partial charge in [-0.15, -0.1) is 0 Å². The van der Waals surface area contributed by atoms with E-state index in [9.17, 15) is 0 Å². The van der Waals surface area contributed by atoms with Gasteiger partial charge in [0.05, 0.1) is 6.17 Å². The molecule has 0 amide bonds. The van der Waals surface area contributed by atoms with Crippen molar-refractivity contribution in [2.45, 2.75) is 233 Å². The van der Waals surface area contributed by atoms with Gasteiger partial charge in [0.25, 0.3) is 0 Å². The van der Waals surface area contributed by atoms with Crippen molar-refractivity contribution in [2.75, 3.05) is 0 Å². The minimum atomic E-state index is 0.561. The predicted molar refractivity (Wildman–Crippen MR) is 227 cm³/mol. The molecule has 3 saturated heterocycles. The van der Waals surface area contributed by atoms with E-state index in [0.717, 1.165) is 99.8 Å². The van der Waals surface area contributed by atoms with Crippen LogP contribution in [0.3, 0.4) is 0 Å². The second-order valence-electron chi connectivity index (χ2n) is 22.3. The number of hydrogen-bond donors (Lipinski definition) is 2. The summed E-state index contributed by atoms with van der Waals surface area (Å²) in [5, 5.41) is 10.7. The van der Waals surface area contributed by atoms with Crippen molar-refractivity contribution in [3.63, 3.8) is 0 Å². The topological polar surface area (TPSA) is 27.3 Å². The summed E-state index contributed by atoms with van der Waals surface area (Å²) < 4.78 is 0. The Morgan fingerprint density at radius 3 is 1.89 bits per heavy atom. The molecule has 2 N–H and O–H groups in total. The van der Waals surface area contributed by atoms with Crippen molar-refractivity contribution < 1.29 is 0 Å². The third kappa shape index (κ3) is 6.99. The second kappa shape index (κ2) is 16.2. The molecule has 7 saturated carbocycles. The standard InChI is InChI=1S/C50H81N3S/c1-2-10-34(11-3-1)49-41-14-4-7-15-44(41)51-50(52-49)35-22-26-38(27-23-35)53-45-16-8-5-12-39(45)42-30-36(24-28-46(42)53)32-18-20-33(21-19-32)37-25-29-48-43(31-37)40-13-6-9-17-47(40)54-48/h4,14,32-52H,1-3,5-13,15-31H2. The lowest BCUT2D eigenvalue weighted by Crippen LogP contribution is -2.67. The van der Waals surface area contributed by atoms with Crippen molar-refractivity contribution in [1.29, 1.82) is 0 Å². The molecule has 14 unspecified atom stereocenters. The molecule has 54 heavy (non-hydrogen) atoms. The molecule has 0 spiro atoms. The van der Waals surface area contributed by atoms with E-state index in [4.69, 9.17) is 0 Å². The maximum absolute atomic E-state index is 4.37. The van der Waals surface area contributed by atoms with Crippen molar-refractivity contribution in [2.24, 2.45) is 65.1 Å². The van der Waals surface area contributed by atoms with Crippen LogP contribution in [0.1, 0.15) is 186 Å². The summed E-state index contributed by atoms with van der Waals surface area (Å²) in [5.74, 6) is 11.1. The lowest BCUT2D eigenvalue weighted by Gasteiger charge is -2.51. The van der Waals surface area contributed by atoms with Crippen molar-refractivity contribution >= 4 is 11.8 Å². The van der Waals surface area contributed by atoms with Gasteiger partial charge in [-0.05, 0) is 200 Å². The number of thioether (sulfide) groups is 1. The summed E-state index contributed by atoms with van der Waals surface area (Å²) in [5.41, 5.74) is 0. The van der Waals surface area contributed by atoms with Gasteiger partial charge < -0.3 is 0 Å². The summed E-state index contributed by atoms with van der Waals surface area (Å²) in [6.45, 7) is 0. The predicted octanol–water partition coefficient (Wildman–Crippen LogP) is 11.9. The number of fused-ring (bicyclic) bond motifs is 7. The SMILES string of the molecule is C1=CC2C(CC1)NC(C1CCC(N3C4CCCCC4C4CC(C5CCC(C6CCC7SC8CCCCC8C7C6)CC5)CCC43)CC1)NC2C1CCCCC1. The van der Waals surface area contributed by atoms with Crippen molar-refractivity contribution in [1.82, 2.24) is 15.5 Å². The maximum Gasteiger partial charge on any atom is 0.0605 e.